The molecule has 0 saturated heterocycles. The number of benzene rings is 1. The number of nitrogens with one attached hydrogen (secondary N) is 1. The van der Waals surface area contributed by atoms with Gasteiger partial charge >= 0.3 is 6.03 Å². The molecule has 0 aliphatic carbocycles. The molecule has 0 heterocycles. The maximum Gasteiger partial charge on any atom is 0.321 e. The lowest BCUT2D eigenvalue weighted by molar-refractivity contribution is 0.199. The summed E-state index contributed by atoms with van der Waals surface area (Å²) in [6, 6.07) is 7.34. The van der Waals surface area contributed by atoms with Crippen molar-refractivity contribution in [3.8, 4) is 0 Å². The van der Waals surface area contributed by atoms with E-state index in [-0.39, 0.29) is 12.1 Å². The fraction of sp³-hybridized carbons (Fsp3) is 0.562. The number of carbonyl (C=O) groups is 1. The van der Waals surface area contributed by atoms with Crippen molar-refractivity contribution in [3.05, 3.63) is 29.8 Å². The molecule has 0 spiro atoms. The Hall–Kier alpha value is -1.55. The number of nitrogens with zero attached hydrogens (tertiary/aromatic N) is 1. The van der Waals surface area contributed by atoms with E-state index in [4.69, 9.17) is 0 Å². The summed E-state index contributed by atoms with van der Waals surface area (Å²) in [6.07, 6.45) is 0.485. The van der Waals surface area contributed by atoms with Gasteiger partial charge in [0, 0.05) is 18.8 Å². The number of carbonyl (C=O) groups excluding carboxylic acids is 1. The fourth-order valence-corrected chi connectivity index (χ4v) is 2.10. The number of anilines is 1. The highest BCUT2D eigenvalue weighted by molar-refractivity contribution is 5.89. The van der Waals surface area contributed by atoms with Crippen LogP contribution in [0.4, 0.5) is 10.5 Å². The van der Waals surface area contributed by atoms with E-state index in [9.17, 15) is 9.90 Å². The van der Waals surface area contributed by atoms with Crippen LogP contribution in [-0.4, -0.2) is 29.1 Å². The summed E-state index contributed by atoms with van der Waals surface area (Å²) in [5.41, 5.74) is 1.58. The number of urea groups is 1. The lowest BCUT2D eigenvalue weighted by atomic mass is 10.0. The molecule has 4 nitrogen and oxygen atoms in total. The van der Waals surface area contributed by atoms with E-state index in [0.717, 1.165) is 17.7 Å². The molecule has 0 aliphatic heterocycles. The predicted molar refractivity (Wildman–Crippen MR) is 82.8 cm³/mol. The summed E-state index contributed by atoms with van der Waals surface area (Å²) in [6.45, 7) is 8.07. The van der Waals surface area contributed by atoms with Gasteiger partial charge in [-0.2, -0.15) is 0 Å². The Kier molecular flexibility index (Phi) is 6.02. The Morgan fingerprint density at radius 1 is 1.20 bits per heavy atom. The number of aliphatic hydroxyl groups excluding tert-OH is 1. The van der Waals surface area contributed by atoms with E-state index in [1.165, 1.54) is 0 Å². The Bertz CT molecular complexity index is 427. The number of hydrogen-bond acceptors (Lipinski definition) is 2. The highest BCUT2D eigenvalue weighted by Crippen LogP contribution is 2.17. The van der Waals surface area contributed by atoms with Crippen LogP contribution in [0, 0.1) is 5.92 Å². The van der Waals surface area contributed by atoms with Crippen molar-refractivity contribution in [1.29, 1.82) is 0 Å². The zero-order valence-corrected chi connectivity index (χ0v) is 13.1. The maximum atomic E-state index is 12.1. The molecule has 2 amide bonds. The van der Waals surface area contributed by atoms with Gasteiger partial charge in [0.05, 0.1) is 6.10 Å². The molecule has 0 radical (unpaired) electrons. The van der Waals surface area contributed by atoms with Gasteiger partial charge in [-0.3, -0.25) is 0 Å². The van der Waals surface area contributed by atoms with Crippen molar-refractivity contribution in [2.45, 2.75) is 46.3 Å². The third kappa shape index (κ3) is 4.85. The largest absolute Gasteiger partial charge is 0.389 e. The van der Waals surface area contributed by atoms with Gasteiger partial charge in [-0.15, -0.1) is 0 Å². The topological polar surface area (TPSA) is 52.6 Å². The molecule has 112 valence electrons. The Balaban J connectivity index is 2.61. The van der Waals surface area contributed by atoms with Crippen LogP contribution < -0.4 is 5.32 Å². The summed E-state index contributed by atoms with van der Waals surface area (Å²) >= 11 is 0. The molecule has 20 heavy (non-hydrogen) atoms. The standard InChI is InChI=1S/C16H26N2O2/c1-11(2)10-12(3)18(5)16(20)17-15-8-6-14(7-9-15)13(4)19/h6-9,11-13,19H,10H2,1-5H3,(H,17,20). The predicted octanol–water partition coefficient (Wildman–Crippen LogP) is 3.64. The third-order valence-corrected chi connectivity index (χ3v) is 3.44. The van der Waals surface area contributed by atoms with E-state index in [2.05, 4.69) is 26.1 Å². The minimum absolute atomic E-state index is 0.108. The first-order chi connectivity index (χ1) is 9.31. The van der Waals surface area contributed by atoms with E-state index in [1.54, 1.807) is 24.0 Å². The second-order valence-corrected chi connectivity index (χ2v) is 5.82. The maximum absolute atomic E-state index is 12.1. The summed E-state index contributed by atoms with van der Waals surface area (Å²) in [5.74, 6) is 0.561. The van der Waals surface area contributed by atoms with Crippen molar-refractivity contribution in [3.63, 3.8) is 0 Å². The van der Waals surface area contributed by atoms with Crippen LogP contribution in [-0.2, 0) is 0 Å². The molecule has 0 bridgehead atoms. The van der Waals surface area contributed by atoms with Gasteiger partial charge in [0.2, 0.25) is 0 Å². The van der Waals surface area contributed by atoms with Crippen molar-refractivity contribution in [2.75, 3.05) is 12.4 Å². The zero-order chi connectivity index (χ0) is 15.3. The molecule has 0 fully saturated rings. The molecule has 1 aromatic carbocycles. The second-order valence-electron chi connectivity index (χ2n) is 5.82. The normalized spacial score (nSPS) is 13.9. The monoisotopic (exact) mass is 278 g/mol. The van der Waals surface area contributed by atoms with Gasteiger partial charge in [0.25, 0.3) is 0 Å². The summed E-state index contributed by atoms with van der Waals surface area (Å²) in [5, 5.41) is 12.3. The SMILES string of the molecule is CC(C)CC(C)N(C)C(=O)Nc1ccc(C(C)O)cc1. The van der Waals surface area contributed by atoms with Gasteiger partial charge in [-0.05, 0) is 43.9 Å². The van der Waals surface area contributed by atoms with Crippen LogP contribution >= 0.6 is 0 Å². The van der Waals surface area contributed by atoms with Gasteiger partial charge in [0.15, 0.2) is 0 Å². The number of rotatable bonds is 5. The molecular formula is C16H26N2O2. The van der Waals surface area contributed by atoms with E-state index >= 15 is 0 Å². The second kappa shape index (κ2) is 7.29. The number of hydrogen-bond donors (Lipinski definition) is 2. The van der Waals surface area contributed by atoms with Crippen molar-refractivity contribution in [2.24, 2.45) is 5.92 Å². The average Bonchev–Trinajstić information content (AvgIpc) is 2.37. The highest BCUT2D eigenvalue weighted by atomic mass is 16.3. The molecule has 0 aromatic heterocycles. The molecular weight excluding hydrogens is 252 g/mol. The first-order valence-electron chi connectivity index (χ1n) is 7.13. The van der Waals surface area contributed by atoms with Crippen molar-refractivity contribution < 1.29 is 9.90 Å². The fourth-order valence-electron chi connectivity index (χ4n) is 2.10. The van der Waals surface area contributed by atoms with Crippen LogP contribution in [0.15, 0.2) is 24.3 Å². The number of aliphatic hydroxyl groups is 1. The Morgan fingerprint density at radius 2 is 1.75 bits per heavy atom. The van der Waals surface area contributed by atoms with Gasteiger partial charge < -0.3 is 15.3 Å². The lowest BCUT2D eigenvalue weighted by Crippen LogP contribution is -2.38. The smallest absolute Gasteiger partial charge is 0.321 e. The average molecular weight is 278 g/mol. The molecule has 2 N–H and O–H groups in total. The molecule has 1 aromatic rings. The summed E-state index contributed by atoms with van der Waals surface area (Å²) < 4.78 is 0. The lowest BCUT2D eigenvalue weighted by Gasteiger charge is -2.26. The van der Waals surface area contributed by atoms with Crippen molar-refractivity contribution in [1.82, 2.24) is 4.90 Å². The van der Waals surface area contributed by atoms with Gasteiger partial charge in [-0.1, -0.05) is 26.0 Å². The van der Waals surface area contributed by atoms with Crippen LogP contribution in [0.3, 0.4) is 0 Å². The van der Waals surface area contributed by atoms with Gasteiger partial charge in [0.1, 0.15) is 0 Å². The molecule has 1 rings (SSSR count). The molecule has 2 unspecified atom stereocenters. The molecule has 0 aliphatic rings. The van der Waals surface area contributed by atoms with Gasteiger partial charge in [-0.25, -0.2) is 4.79 Å². The molecule has 4 heteroatoms. The summed E-state index contributed by atoms with van der Waals surface area (Å²) in [7, 11) is 1.81. The van der Waals surface area contributed by atoms with E-state index in [0.29, 0.717) is 5.92 Å². The van der Waals surface area contributed by atoms with Crippen LogP contribution in [0.5, 0.6) is 0 Å². The Morgan fingerprint density at radius 3 is 2.20 bits per heavy atom. The van der Waals surface area contributed by atoms with E-state index < -0.39 is 6.10 Å². The summed E-state index contributed by atoms with van der Waals surface area (Å²) in [4.78, 5) is 13.8. The third-order valence-electron chi connectivity index (χ3n) is 3.44. The quantitative estimate of drug-likeness (QED) is 0.864. The first-order valence-corrected chi connectivity index (χ1v) is 7.13. The first kappa shape index (κ1) is 16.5. The zero-order valence-electron chi connectivity index (χ0n) is 13.1. The van der Waals surface area contributed by atoms with Crippen LogP contribution in [0.2, 0.25) is 0 Å². The minimum atomic E-state index is -0.492. The van der Waals surface area contributed by atoms with E-state index in [1.807, 2.05) is 19.2 Å². The number of amides is 2. The molecule has 2 atom stereocenters. The van der Waals surface area contributed by atoms with Crippen molar-refractivity contribution >= 4 is 11.7 Å². The Labute approximate surface area is 121 Å². The minimum Gasteiger partial charge on any atom is -0.389 e. The highest BCUT2D eigenvalue weighted by Gasteiger charge is 2.16. The van der Waals surface area contributed by atoms with Crippen LogP contribution in [0.1, 0.15) is 45.8 Å². The van der Waals surface area contributed by atoms with Crippen LogP contribution in [0.25, 0.3) is 0 Å². The molecule has 0 saturated carbocycles.